The lowest BCUT2D eigenvalue weighted by Gasteiger charge is -2.21. The van der Waals surface area contributed by atoms with Gasteiger partial charge in [0.1, 0.15) is 0 Å². The van der Waals surface area contributed by atoms with Crippen molar-refractivity contribution in [1.82, 2.24) is 0 Å². The van der Waals surface area contributed by atoms with Crippen LogP contribution in [0.2, 0.25) is 0 Å². The smallest absolute Gasteiger partial charge is 0.0688 e. The summed E-state index contributed by atoms with van der Waals surface area (Å²) in [5, 5.41) is 8.77. The second-order valence-electron chi connectivity index (χ2n) is 6.68. The van der Waals surface area contributed by atoms with E-state index in [9.17, 15) is 0 Å². The zero-order valence-corrected chi connectivity index (χ0v) is 14.8. The molecule has 3 rings (SSSR count). The van der Waals surface area contributed by atoms with Gasteiger partial charge in [0.05, 0.1) is 5.71 Å². The number of nitrogens with zero attached hydrogens (tertiary/aromatic N) is 1. The maximum atomic E-state index is 8.77. The number of hydrogen-bond donors (Lipinski definition) is 1. The SMILES string of the molecule is CC1=CC(c2ccc(N(C)C)cc2C(=N)c2ccccc2)C(C)=C1. The summed E-state index contributed by atoms with van der Waals surface area (Å²) in [5.41, 5.74) is 7.51. The van der Waals surface area contributed by atoms with Crippen LogP contribution >= 0.6 is 0 Å². The van der Waals surface area contributed by atoms with Crippen molar-refractivity contribution in [3.8, 4) is 0 Å². The lowest BCUT2D eigenvalue weighted by atomic mass is 9.87. The largest absolute Gasteiger partial charge is 0.378 e. The fourth-order valence-corrected chi connectivity index (χ4v) is 3.30. The van der Waals surface area contributed by atoms with Gasteiger partial charge in [0, 0.05) is 36.8 Å². The molecule has 0 fully saturated rings. The van der Waals surface area contributed by atoms with E-state index in [1.165, 1.54) is 16.7 Å². The maximum Gasteiger partial charge on any atom is 0.0688 e. The van der Waals surface area contributed by atoms with E-state index in [1.54, 1.807) is 0 Å². The highest BCUT2D eigenvalue weighted by molar-refractivity contribution is 6.12. The Hall–Kier alpha value is -2.61. The number of anilines is 1. The number of rotatable bonds is 4. The Labute approximate surface area is 144 Å². The minimum Gasteiger partial charge on any atom is -0.378 e. The summed E-state index contributed by atoms with van der Waals surface area (Å²) in [6.45, 7) is 4.31. The number of hydrogen-bond acceptors (Lipinski definition) is 2. The molecule has 0 bridgehead atoms. The molecule has 0 heterocycles. The standard InChI is InChI=1S/C22H24N2/c1-15-12-16(2)20(13-15)19-11-10-18(24(3)4)14-21(19)22(23)17-8-6-5-7-9-17/h5-14,20,23H,1-4H3. The third-order valence-corrected chi connectivity index (χ3v) is 4.60. The molecule has 0 aliphatic heterocycles. The summed E-state index contributed by atoms with van der Waals surface area (Å²) in [6.07, 6.45) is 4.53. The molecule has 2 aromatic carbocycles. The van der Waals surface area contributed by atoms with Crippen molar-refractivity contribution < 1.29 is 0 Å². The summed E-state index contributed by atoms with van der Waals surface area (Å²) >= 11 is 0. The van der Waals surface area contributed by atoms with Crippen molar-refractivity contribution in [2.45, 2.75) is 19.8 Å². The molecular weight excluding hydrogens is 292 g/mol. The Bertz CT molecular complexity index is 826. The molecule has 1 unspecified atom stereocenters. The van der Waals surface area contributed by atoms with E-state index in [-0.39, 0.29) is 5.92 Å². The van der Waals surface area contributed by atoms with Crippen LogP contribution in [0.15, 0.2) is 71.8 Å². The Kier molecular flexibility index (Phi) is 4.39. The maximum absolute atomic E-state index is 8.77. The van der Waals surface area contributed by atoms with Crippen LogP contribution in [0.1, 0.15) is 36.5 Å². The van der Waals surface area contributed by atoms with Crippen LogP contribution < -0.4 is 4.90 Å². The molecule has 0 amide bonds. The first-order chi connectivity index (χ1) is 11.5. The normalized spacial score (nSPS) is 16.6. The van der Waals surface area contributed by atoms with Crippen LogP contribution in [-0.2, 0) is 0 Å². The molecule has 0 saturated heterocycles. The lowest BCUT2D eigenvalue weighted by molar-refractivity contribution is 1.00. The molecule has 0 spiro atoms. The van der Waals surface area contributed by atoms with E-state index < -0.39 is 0 Å². The van der Waals surface area contributed by atoms with E-state index in [2.05, 4.69) is 49.1 Å². The Morgan fingerprint density at radius 2 is 1.71 bits per heavy atom. The van der Waals surface area contributed by atoms with Gasteiger partial charge >= 0.3 is 0 Å². The monoisotopic (exact) mass is 316 g/mol. The van der Waals surface area contributed by atoms with Gasteiger partial charge in [0.25, 0.3) is 0 Å². The number of benzene rings is 2. The molecule has 0 aromatic heterocycles. The van der Waals surface area contributed by atoms with Crippen molar-refractivity contribution in [2.24, 2.45) is 0 Å². The molecule has 122 valence electrons. The van der Waals surface area contributed by atoms with Crippen LogP contribution in [0.25, 0.3) is 0 Å². The van der Waals surface area contributed by atoms with Gasteiger partial charge in [-0.3, -0.25) is 5.41 Å². The van der Waals surface area contributed by atoms with Gasteiger partial charge in [-0.05, 0) is 31.5 Å². The summed E-state index contributed by atoms with van der Waals surface area (Å²) in [4.78, 5) is 2.09. The van der Waals surface area contributed by atoms with Gasteiger partial charge in [-0.15, -0.1) is 0 Å². The molecule has 2 heteroatoms. The Morgan fingerprint density at radius 3 is 2.29 bits per heavy atom. The van der Waals surface area contributed by atoms with Crippen LogP contribution in [0.5, 0.6) is 0 Å². The van der Waals surface area contributed by atoms with Gasteiger partial charge in [0.2, 0.25) is 0 Å². The van der Waals surface area contributed by atoms with Crippen LogP contribution in [0.4, 0.5) is 5.69 Å². The first-order valence-corrected chi connectivity index (χ1v) is 8.29. The molecule has 2 nitrogen and oxygen atoms in total. The highest BCUT2D eigenvalue weighted by Gasteiger charge is 2.21. The van der Waals surface area contributed by atoms with E-state index >= 15 is 0 Å². The molecule has 1 aliphatic carbocycles. The molecule has 1 N–H and O–H groups in total. The lowest BCUT2D eigenvalue weighted by Crippen LogP contribution is -2.13. The third kappa shape index (κ3) is 3.05. The minimum atomic E-state index is 0.264. The molecular formula is C22H24N2. The van der Waals surface area contributed by atoms with Gasteiger partial charge < -0.3 is 4.90 Å². The Balaban J connectivity index is 2.13. The highest BCUT2D eigenvalue weighted by atomic mass is 15.1. The van der Waals surface area contributed by atoms with Gasteiger partial charge in [0.15, 0.2) is 0 Å². The van der Waals surface area contributed by atoms with Crippen LogP contribution in [-0.4, -0.2) is 19.8 Å². The minimum absolute atomic E-state index is 0.264. The fourth-order valence-electron chi connectivity index (χ4n) is 3.30. The summed E-state index contributed by atoms with van der Waals surface area (Å²) < 4.78 is 0. The van der Waals surface area contributed by atoms with Crippen molar-refractivity contribution >= 4 is 11.4 Å². The third-order valence-electron chi connectivity index (χ3n) is 4.60. The quantitative estimate of drug-likeness (QED) is 0.775. The summed E-state index contributed by atoms with van der Waals surface area (Å²) in [5.74, 6) is 0.264. The first-order valence-electron chi connectivity index (χ1n) is 8.29. The predicted molar refractivity (Wildman–Crippen MR) is 103 cm³/mol. The molecule has 24 heavy (non-hydrogen) atoms. The van der Waals surface area contributed by atoms with Gasteiger partial charge in [-0.25, -0.2) is 0 Å². The van der Waals surface area contributed by atoms with E-state index in [0.717, 1.165) is 16.8 Å². The average Bonchev–Trinajstić information content (AvgIpc) is 2.92. The molecule has 2 aromatic rings. The van der Waals surface area contributed by atoms with Crippen molar-refractivity contribution in [3.63, 3.8) is 0 Å². The fraction of sp³-hybridized carbons (Fsp3) is 0.227. The van der Waals surface area contributed by atoms with Gasteiger partial charge in [-0.1, -0.05) is 59.7 Å². The number of nitrogens with one attached hydrogen (secondary N) is 1. The average molecular weight is 316 g/mol. The van der Waals surface area contributed by atoms with Crippen LogP contribution in [0, 0.1) is 5.41 Å². The second kappa shape index (κ2) is 6.48. The predicted octanol–water partition coefficient (Wildman–Crippen LogP) is 5.16. The van der Waals surface area contributed by atoms with Gasteiger partial charge in [-0.2, -0.15) is 0 Å². The molecule has 0 saturated carbocycles. The van der Waals surface area contributed by atoms with Crippen LogP contribution in [0.3, 0.4) is 0 Å². The zero-order valence-electron chi connectivity index (χ0n) is 14.8. The zero-order chi connectivity index (χ0) is 17.3. The summed E-state index contributed by atoms with van der Waals surface area (Å²) in [7, 11) is 4.07. The number of allylic oxidation sites excluding steroid dienone is 4. The van der Waals surface area contributed by atoms with E-state index in [4.69, 9.17) is 5.41 Å². The topological polar surface area (TPSA) is 27.1 Å². The second-order valence-corrected chi connectivity index (χ2v) is 6.68. The summed E-state index contributed by atoms with van der Waals surface area (Å²) in [6, 6.07) is 16.4. The molecule has 1 atom stereocenters. The van der Waals surface area contributed by atoms with E-state index in [0.29, 0.717) is 5.71 Å². The first kappa shape index (κ1) is 16.3. The van der Waals surface area contributed by atoms with Crippen molar-refractivity contribution in [2.75, 3.05) is 19.0 Å². The Morgan fingerprint density at radius 1 is 1.00 bits per heavy atom. The van der Waals surface area contributed by atoms with Crippen molar-refractivity contribution in [3.05, 3.63) is 88.5 Å². The molecule has 0 radical (unpaired) electrons. The van der Waals surface area contributed by atoms with E-state index in [1.807, 2.05) is 44.4 Å². The highest BCUT2D eigenvalue weighted by Crippen LogP contribution is 2.36. The van der Waals surface area contributed by atoms with Crippen molar-refractivity contribution in [1.29, 1.82) is 5.41 Å². The molecule has 1 aliphatic rings.